The SMILES string of the molecule is CN(C)S(=O)(=O)N(Cc1ccc(C(=O)Nc2ccc(S(=O)(=O)Nc3ccccc3Cl)cc2)cc1)c1ccccc1F. The van der Waals surface area contributed by atoms with Crippen LogP contribution in [0.5, 0.6) is 0 Å². The van der Waals surface area contributed by atoms with Gasteiger partial charge in [0.1, 0.15) is 5.82 Å². The summed E-state index contributed by atoms with van der Waals surface area (Å²) in [6, 6.07) is 23.8. The number of nitrogens with zero attached hydrogens (tertiary/aromatic N) is 2. The molecule has 0 aliphatic rings. The van der Waals surface area contributed by atoms with E-state index in [9.17, 15) is 26.0 Å². The zero-order chi connectivity index (χ0) is 29.8. The zero-order valence-electron chi connectivity index (χ0n) is 22.0. The monoisotopic (exact) mass is 616 g/mol. The van der Waals surface area contributed by atoms with Gasteiger partial charge in [-0.25, -0.2) is 12.8 Å². The van der Waals surface area contributed by atoms with E-state index in [4.69, 9.17) is 11.6 Å². The van der Waals surface area contributed by atoms with Crippen LogP contribution >= 0.6 is 11.6 Å². The summed E-state index contributed by atoms with van der Waals surface area (Å²) in [7, 11) is -5.22. The second-order valence-electron chi connectivity index (χ2n) is 9.01. The fourth-order valence-electron chi connectivity index (χ4n) is 3.74. The van der Waals surface area contributed by atoms with E-state index >= 15 is 0 Å². The number of hydrogen-bond acceptors (Lipinski definition) is 5. The maximum atomic E-state index is 14.5. The van der Waals surface area contributed by atoms with Crippen LogP contribution in [0.2, 0.25) is 5.02 Å². The normalized spacial score (nSPS) is 11.7. The lowest BCUT2D eigenvalue weighted by atomic mass is 10.1. The van der Waals surface area contributed by atoms with E-state index < -0.39 is 32.0 Å². The summed E-state index contributed by atoms with van der Waals surface area (Å²) in [5.41, 5.74) is 1.30. The van der Waals surface area contributed by atoms with Gasteiger partial charge in [0.05, 0.1) is 27.8 Å². The van der Waals surface area contributed by atoms with Gasteiger partial charge in [-0.15, -0.1) is 0 Å². The Balaban J connectivity index is 1.46. The summed E-state index contributed by atoms with van der Waals surface area (Å²) >= 11 is 6.04. The Labute approximate surface area is 243 Å². The van der Waals surface area contributed by atoms with Crippen molar-refractivity contribution in [2.75, 3.05) is 28.4 Å². The molecule has 0 aliphatic carbocycles. The van der Waals surface area contributed by atoms with E-state index in [-0.39, 0.29) is 33.4 Å². The second-order valence-corrected chi connectivity index (χ2v) is 13.2. The quantitative estimate of drug-likeness (QED) is 0.249. The van der Waals surface area contributed by atoms with Crippen LogP contribution in [0.4, 0.5) is 21.5 Å². The van der Waals surface area contributed by atoms with E-state index in [2.05, 4.69) is 10.0 Å². The van der Waals surface area contributed by atoms with E-state index in [0.717, 1.165) is 8.61 Å². The van der Waals surface area contributed by atoms with Crippen LogP contribution in [0.3, 0.4) is 0 Å². The predicted molar refractivity (Wildman–Crippen MR) is 158 cm³/mol. The maximum absolute atomic E-state index is 14.5. The first-order chi connectivity index (χ1) is 19.4. The minimum absolute atomic E-state index is 0.0214. The zero-order valence-corrected chi connectivity index (χ0v) is 24.3. The Morgan fingerprint density at radius 3 is 2.05 bits per heavy atom. The largest absolute Gasteiger partial charge is 0.322 e. The highest BCUT2D eigenvalue weighted by atomic mass is 35.5. The molecule has 1 amide bonds. The number of benzene rings is 4. The fraction of sp³-hybridized carbons (Fsp3) is 0.107. The van der Waals surface area contributed by atoms with Crippen molar-refractivity contribution in [3.63, 3.8) is 0 Å². The summed E-state index contributed by atoms with van der Waals surface area (Å²) in [5.74, 6) is -1.15. The van der Waals surface area contributed by atoms with Gasteiger partial charge in [0.25, 0.3) is 15.9 Å². The van der Waals surface area contributed by atoms with Gasteiger partial charge in [-0.05, 0) is 66.2 Å². The number of hydrogen-bond donors (Lipinski definition) is 2. The molecule has 9 nitrogen and oxygen atoms in total. The number of halogens is 2. The Bertz CT molecular complexity index is 1770. The average molecular weight is 617 g/mol. The Hall–Kier alpha value is -3.97. The predicted octanol–water partition coefficient (Wildman–Crippen LogP) is 5.35. The molecule has 0 saturated heterocycles. The molecule has 0 aromatic heterocycles. The summed E-state index contributed by atoms with van der Waals surface area (Å²) in [4.78, 5) is 12.8. The van der Waals surface area contributed by atoms with Crippen LogP contribution in [0.25, 0.3) is 0 Å². The molecule has 0 bridgehead atoms. The number of carbonyl (C=O) groups is 1. The number of para-hydroxylation sites is 2. The van der Waals surface area contributed by atoms with Crippen molar-refractivity contribution in [1.29, 1.82) is 0 Å². The van der Waals surface area contributed by atoms with Crippen molar-refractivity contribution >= 4 is 54.8 Å². The number of rotatable bonds is 10. The first-order valence-corrected chi connectivity index (χ1v) is 15.4. The van der Waals surface area contributed by atoms with Gasteiger partial charge in [-0.1, -0.05) is 48.0 Å². The molecule has 214 valence electrons. The molecule has 0 fully saturated rings. The van der Waals surface area contributed by atoms with E-state index in [1.54, 1.807) is 42.5 Å². The summed E-state index contributed by atoms with van der Waals surface area (Å²) in [6.07, 6.45) is 0. The molecule has 41 heavy (non-hydrogen) atoms. The Morgan fingerprint density at radius 1 is 0.829 bits per heavy atom. The van der Waals surface area contributed by atoms with Crippen LogP contribution in [-0.4, -0.2) is 41.1 Å². The second kappa shape index (κ2) is 12.3. The molecule has 0 radical (unpaired) electrons. The van der Waals surface area contributed by atoms with E-state index in [1.807, 2.05) is 0 Å². The molecule has 0 aliphatic heterocycles. The molecule has 0 unspecified atom stereocenters. The molecule has 0 atom stereocenters. The molecule has 13 heteroatoms. The summed E-state index contributed by atoms with van der Waals surface area (Å²) < 4.78 is 70.1. The highest BCUT2D eigenvalue weighted by Gasteiger charge is 2.27. The van der Waals surface area contributed by atoms with Gasteiger partial charge >= 0.3 is 10.2 Å². The van der Waals surface area contributed by atoms with E-state index in [1.165, 1.54) is 68.7 Å². The summed E-state index contributed by atoms with van der Waals surface area (Å²) in [5, 5.41) is 2.95. The highest BCUT2D eigenvalue weighted by Crippen LogP contribution is 2.26. The molecule has 4 aromatic rings. The topological polar surface area (TPSA) is 116 Å². The van der Waals surface area contributed by atoms with Gasteiger partial charge in [-0.2, -0.15) is 12.7 Å². The van der Waals surface area contributed by atoms with Crippen molar-refractivity contribution in [2.24, 2.45) is 0 Å². The fourth-order valence-corrected chi connectivity index (χ4v) is 6.16. The molecule has 2 N–H and O–H groups in total. The van der Waals surface area contributed by atoms with Crippen LogP contribution in [-0.2, 0) is 26.8 Å². The van der Waals surface area contributed by atoms with Crippen LogP contribution < -0.4 is 14.3 Å². The molecule has 4 aromatic carbocycles. The van der Waals surface area contributed by atoms with Crippen molar-refractivity contribution in [2.45, 2.75) is 11.4 Å². The van der Waals surface area contributed by atoms with Gasteiger partial charge in [0.2, 0.25) is 0 Å². The van der Waals surface area contributed by atoms with Crippen molar-refractivity contribution < 1.29 is 26.0 Å². The minimum atomic E-state index is -4.02. The third-order valence-corrected chi connectivity index (χ3v) is 9.46. The lowest BCUT2D eigenvalue weighted by Gasteiger charge is -2.27. The van der Waals surface area contributed by atoms with Gasteiger partial charge in [0, 0.05) is 25.3 Å². The third kappa shape index (κ3) is 7.03. The summed E-state index contributed by atoms with van der Waals surface area (Å²) in [6.45, 7) is -0.165. The number of amides is 1. The minimum Gasteiger partial charge on any atom is -0.322 e. The Morgan fingerprint density at radius 2 is 1.44 bits per heavy atom. The number of carbonyl (C=O) groups excluding carboxylic acids is 1. The highest BCUT2D eigenvalue weighted by molar-refractivity contribution is 7.92. The average Bonchev–Trinajstić information content (AvgIpc) is 2.94. The molecule has 0 saturated carbocycles. The maximum Gasteiger partial charge on any atom is 0.303 e. The number of anilines is 3. The van der Waals surface area contributed by atoms with Crippen molar-refractivity contribution in [3.8, 4) is 0 Å². The first-order valence-electron chi connectivity index (χ1n) is 12.1. The molecular weight excluding hydrogens is 591 g/mol. The van der Waals surface area contributed by atoms with Crippen LogP contribution in [0.15, 0.2) is 102 Å². The third-order valence-electron chi connectivity index (χ3n) is 5.94. The number of nitrogens with one attached hydrogen (secondary N) is 2. The van der Waals surface area contributed by atoms with Gasteiger partial charge in [-0.3, -0.25) is 13.8 Å². The molecule has 4 rings (SSSR count). The van der Waals surface area contributed by atoms with Gasteiger partial charge < -0.3 is 5.32 Å². The number of sulfonamides is 1. The Kier molecular flexibility index (Phi) is 8.98. The van der Waals surface area contributed by atoms with Crippen LogP contribution in [0.1, 0.15) is 15.9 Å². The molecule has 0 spiro atoms. The van der Waals surface area contributed by atoms with Gasteiger partial charge in [0.15, 0.2) is 0 Å². The lowest BCUT2D eigenvalue weighted by molar-refractivity contribution is 0.102. The van der Waals surface area contributed by atoms with Crippen LogP contribution in [0, 0.1) is 5.82 Å². The van der Waals surface area contributed by atoms with Crippen molar-refractivity contribution in [1.82, 2.24) is 4.31 Å². The molecular formula is C28H26ClFN4O5S2. The standard InChI is InChI=1S/C28H26ClFN4O5S2/c1-33(2)41(38,39)34(27-10-6-4-8-25(27)30)19-20-11-13-21(14-12-20)28(35)31-22-15-17-23(18-16-22)40(36,37)32-26-9-5-3-7-24(26)29/h3-18,32H,19H2,1-2H3,(H,31,35). The van der Waals surface area contributed by atoms with Crippen molar-refractivity contribution in [3.05, 3.63) is 119 Å². The first kappa shape index (κ1) is 30.0. The van der Waals surface area contributed by atoms with E-state index in [0.29, 0.717) is 11.3 Å². The molecule has 0 heterocycles. The smallest absolute Gasteiger partial charge is 0.303 e. The lowest BCUT2D eigenvalue weighted by Crippen LogP contribution is -2.40.